The summed E-state index contributed by atoms with van der Waals surface area (Å²) >= 11 is 3.52. The molecule has 0 aromatic heterocycles. The van der Waals surface area contributed by atoms with Crippen LogP contribution in [0, 0.1) is 11.3 Å². The van der Waals surface area contributed by atoms with Gasteiger partial charge in [-0.1, -0.05) is 36.7 Å². The first-order valence-electron chi connectivity index (χ1n) is 4.48. The van der Waals surface area contributed by atoms with Crippen LogP contribution >= 0.6 is 15.9 Å². The van der Waals surface area contributed by atoms with Crippen molar-refractivity contribution in [3.05, 3.63) is 0 Å². The summed E-state index contributed by atoms with van der Waals surface area (Å²) < 4.78 is 0. The van der Waals surface area contributed by atoms with Crippen LogP contribution in [0.25, 0.3) is 0 Å². The van der Waals surface area contributed by atoms with Crippen molar-refractivity contribution in [3.63, 3.8) is 0 Å². The minimum Gasteiger partial charge on any atom is -0.288 e. The molecular weight excluding hydrogens is 216 g/mol. The van der Waals surface area contributed by atoms with E-state index in [4.69, 9.17) is 5.26 Å². The minimum absolute atomic E-state index is 0.0185. The Balaban J connectivity index is 4.22. The van der Waals surface area contributed by atoms with Gasteiger partial charge in [-0.3, -0.25) is 4.90 Å². The molecule has 3 heteroatoms. The molecule has 2 nitrogen and oxygen atoms in total. The molecule has 0 spiro atoms. The SMILES string of the molecule is CCC(Br)C(C#N)N(CC)CC. The molecule has 0 aromatic carbocycles. The molecule has 0 N–H and O–H groups in total. The molecule has 0 radical (unpaired) electrons. The van der Waals surface area contributed by atoms with Crippen LogP contribution < -0.4 is 0 Å². The van der Waals surface area contributed by atoms with Crippen molar-refractivity contribution in [1.29, 1.82) is 5.26 Å². The van der Waals surface area contributed by atoms with Crippen LogP contribution in [0.2, 0.25) is 0 Å². The summed E-state index contributed by atoms with van der Waals surface area (Å²) in [7, 11) is 0. The fourth-order valence-electron chi connectivity index (χ4n) is 1.23. The summed E-state index contributed by atoms with van der Waals surface area (Å²) in [5, 5.41) is 8.94. The molecule has 0 rings (SSSR count). The van der Waals surface area contributed by atoms with Gasteiger partial charge in [0.05, 0.1) is 6.07 Å². The van der Waals surface area contributed by atoms with Gasteiger partial charge in [0, 0.05) is 4.83 Å². The van der Waals surface area contributed by atoms with Crippen molar-refractivity contribution in [2.75, 3.05) is 13.1 Å². The van der Waals surface area contributed by atoms with Crippen LogP contribution in [0.4, 0.5) is 0 Å². The van der Waals surface area contributed by atoms with Crippen LogP contribution in [0.3, 0.4) is 0 Å². The van der Waals surface area contributed by atoms with E-state index in [1.807, 2.05) is 0 Å². The first-order chi connectivity index (χ1) is 5.71. The highest BCUT2D eigenvalue weighted by Crippen LogP contribution is 2.14. The topological polar surface area (TPSA) is 27.0 Å². The molecule has 12 heavy (non-hydrogen) atoms. The lowest BCUT2D eigenvalue weighted by atomic mass is 10.1. The highest BCUT2D eigenvalue weighted by Gasteiger charge is 2.21. The molecule has 0 aromatic rings. The second-order valence-corrected chi connectivity index (χ2v) is 3.90. The van der Waals surface area contributed by atoms with Crippen molar-refractivity contribution >= 4 is 15.9 Å². The predicted octanol–water partition coefficient (Wildman–Crippen LogP) is 2.39. The Morgan fingerprint density at radius 3 is 2.08 bits per heavy atom. The highest BCUT2D eigenvalue weighted by atomic mass is 79.9. The fourth-order valence-corrected chi connectivity index (χ4v) is 1.68. The molecule has 0 aliphatic rings. The summed E-state index contributed by atoms with van der Waals surface area (Å²) in [5.41, 5.74) is 0. The van der Waals surface area contributed by atoms with Gasteiger partial charge in [-0.05, 0) is 19.5 Å². The zero-order valence-corrected chi connectivity index (χ0v) is 9.63. The second-order valence-electron chi connectivity index (χ2n) is 2.72. The van der Waals surface area contributed by atoms with Gasteiger partial charge in [-0.15, -0.1) is 0 Å². The molecule has 0 bridgehead atoms. The van der Waals surface area contributed by atoms with Gasteiger partial charge in [0.25, 0.3) is 0 Å². The zero-order valence-electron chi connectivity index (χ0n) is 8.05. The molecule has 0 amide bonds. The second kappa shape index (κ2) is 6.45. The third-order valence-electron chi connectivity index (χ3n) is 2.07. The number of nitrogens with zero attached hydrogens (tertiary/aromatic N) is 2. The Bertz CT molecular complexity index is 149. The first kappa shape index (κ1) is 11.9. The monoisotopic (exact) mass is 232 g/mol. The summed E-state index contributed by atoms with van der Waals surface area (Å²) in [6, 6.07) is 2.35. The van der Waals surface area contributed by atoms with Crippen molar-refractivity contribution in [1.82, 2.24) is 4.90 Å². The van der Waals surface area contributed by atoms with Gasteiger partial charge in [0.1, 0.15) is 6.04 Å². The van der Waals surface area contributed by atoms with Crippen LogP contribution in [0.15, 0.2) is 0 Å². The summed E-state index contributed by atoms with van der Waals surface area (Å²) in [4.78, 5) is 2.46. The quantitative estimate of drug-likeness (QED) is 0.682. The van der Waals surface area contributed by atoms with Gasteiger partial charge < -0.3 is 0 Å². The molecular formula is C9H17BrN2. The van der Waals surface area contributed by atoms with E-state index in [2.05, 4.69) is 47.7 Å². The molecule has 0 aliphatic heterocycles. The molecule has 0 aliphatic carbocycles. The third-order valence-corrected chi connectivity index (χ3v) is 3.22. The van der Waals surface area contributed by atoms with Crippen molar-refractivity contribution in [3.8, 4) is 6.07 Å². The number of alkyl halides is 1. The van der Waals surface area contributed by atoms with Crippen molar-refractivity contribution < 1.29 is 0 Å². The summed E-state index contributed by atoms with van der Waals surface area (Å²) in [6.45, 7) is 8.15. The maximum Gasteiger partial charge on any atom is 0.110 e. The Hall–Kier alpha value is -0.0700. The summed E-state index contributed by atoms with van der Waals surface area (Å²) in [6.07, 6.45) is 0.995. The molecule has 70 valence electrons. The lowest BCUT2D eigenvalue weighted by Gasteiger charge is -2.27. The Kier molecular flexibility index (Phi) is 6.41. The van der Waals surface area contributed by atoms with Gasteiger partial charge in [0.15, 0.2) is 0 Å². The van der Waals surface area contributed by atoms with Crippen LogP contribution in [-0.4, -0.2) is 28.9 Å². The average Bonchev–Trinajstić information content (AvgIpc) is 2.12. The standard InChI is InChI=1S/C9H17BrN2/c1-4-8(10)9(7-11)12(5-2)6-3/h8-9H,4-6H2,1-3H3. The van der Waals surface area contributed by atoms with E-state index < -0.39 is 0 Å². The number of rotatable bonds is 5. The lowest BCUT2D eigenvalue weighted by molar-refractivity contribution is 0.254. The van der Waals surface area contributed by atoms with Crippen LogP contribution in [0.1, 0.15) is 27.2 Å². The fraction of sp³-hybridized carbons (Fsp3) is 0.889. The Labute approximate surface area is 83.7 Å². The number of nitriles is 1. The van der Waals surface area contributed by atoms with Gasteiger partial charge in [-0.25, -0.2) is 0 Å². The van der Waals surface area contributed by atoms with E-state index >= 15 is 0 Å². The molecule has 2 atom stereocenters. The van der Waals surface area contributed by atoms with Crippen LogP contribution in [-0.2, 0) is 0 Å². The maximum absolute atomic E-state index is 8.94. The summed E-state index contributed by atoms with van der Waals surface area (Å²) in [5.74, 6) is 0. The largest absolute Gasteiger partial charge is 0.288 e. The van der Waals surface area contributed by atoms with E-state index in [0.717, 1.165) is 19.5 Å². The normalized spacial score (nSPS) is 15.7. The van der Waals surface area contributed by atoms with E-state index in [9.17, 15) is 0 Å². The minimum atomic E-state index is 0.0185. The predicted molar refractivity (Wildman–Crippen MR) is 55.3 cm³/mol. The van der Waals surface area contributed by atoms with Crippen molar-refractivity contribution in [2.45, 2.75) is 38.1 Å². The number of hydrogen-bond acceptors (Lipinski definition) is 2. The van der Waals surface area contributed by atoms with E-state index in [0.29, 0.717) is 4.83 Å². The zero-order chi connectivity index (χ0) is 9.56. The van der Waals surface area contributed by atoms with Gasteiger partial charge in [-0.2, -0.15) is 5.26 Å². The molecule has 0 saturated heterocycles. The van der Waals surface area contributed by atoms with E-state index in [-0.39, 0.29) is 6.04 Å². The number of halogens is 1. The molecule has 0 heterocycles. The van der Waals surface area contributed by atoms with Crippen molar-refractivity contribution in [2.24, 2.45) is 0 Å². The Morgan fingerprint density at radius 2 is 1.83 bits per heavy atom. The average molecular weight is 233 g/mol. The van der Waals surface area contributed by atoms with Crippen LogP contribution in [0.5, 0.6) is 0 Å². The van der Waals surface area contributed by atoms with E-state index in [1.165, 1.54) is 0 Å². The third kappa shape index (κ3) is 3.12. The lowest BCUT2D eigenvalue weighted by Crippen LogP contribution is -2.39. The molecule has 0 saturated carbocycles. The molecule has 0 fully saturated rings. The smallest absolute Gasteiger partial charge is 0.110 e. The van der Waals surface area contributed by atoms with Gasteiger partial charge >= 0.3 is 0 Å². The van der Waals surface area contributed by atoms with Gasteiger partial charge in [0.2, 0.25) is 0 Å². The first-order valence-corrected chi connectivity index (χ1v) is 5.40. The number of hydrogen-bond donors (Lipinski definition) is 0. The maximum atomic E-state index is 8.94. The Morgan fingerprint density at radius 1 is 1.33 bits per heavy atom. The molecule has 2 unspecified atom stereocenters. The highest BCUT2D eigenvalue weighted by molar-refractivity contribution is 9.09. The van der Waals surface area contributed by atoms with E-state index in [1.54, 1.807) is 0 Å².